The Balaban J connectivity index is 2.39. The standard InChI is InChI=1S/C12H9BrClFOS/c1-6-2-10(17-12(6)14)11(16)7-3-8(13)5-9(15)4-7/h2-5,11,16H,1H3. The minimum Gasteiger partial charge on any atom is -0.383 e. The number of hydrogen-bond donors (Lipinski definition) is 1. The molecule has 90 valence electrons. The van der Waals surface area contributed by atoms with Crippen LogP contribution in [0, 0.1) is 12.7 Å². The van der Waals surface area contributed by atoms with Gasteiger partial charge in [-0.1, -0.05) is 27.5 Å². The van der Waals surface area contributed by atoms with Gasteiger partial charge in [-0.3, -0.25) is 0 Å². The second-order valence-corrected chi connectivity index (χ2v) is 6.31. The number of thiophene rings is 1. The van der Waals surface area contributed by atoms with Crippen molar-refractivity contribution in [3.05, 3.63) is 54.9 Å². The van der Waals surface area contributed by atoms with Crippen LogP contribution in [-0.2, 0) is 0 Å². The minimum atomic E-state index is -0.849. The molecule has 2 aromatic rings. The molecule has 0 aliphatic carbocycles. The van der Waals surface area contributed by atoms with Crippen molar-refractivity contribution in [3.63, 3.8) is 0 Å². The molecular weight excluding hydrogens is 327 g/mol. The maximum atomic E-state index is 13.2. The molecule has 2 rings (SSSR count). The fraction of sp³-hybridized carbons (Fsp3) is 0.167. The summed E-state index contributed by atoms with van der Waals surface area (Å²) in [5, 5.41) is 10.1. The highest BCUT2D eigenvalue weighted by Crippen LogP contribution is 2.34. The van der Waals surface area contributed by atoms with E-state index in [1.807, 2.05) is 13.0 Å². The van der Waals surface area contributed by atoms with Crippen molar-refractivity contribution >= 4 is 38.9 Å². The average molecular weight is 336 g/mol. The zero-order valence-electron chi connectivity index (χ0n) is 8.88. The van der Waals surface area contributed by atoms with E-state index in [0.717, 1.165) is 5.56 Å². The second-order valence-electron chi connectivity index (χ2n) is 3.71. The second kappa shape index (κ2) is 5.06. The summed E-state index contributed by atoms with van der Waals surface area (Å²) in [5.74, 6) is -0.382. The van der Waals surface area contributed by atoms with Crippen LogP contribution in [0.15, 0.2) is 28.7 Å². The van der Waals surface area contributed by atoms with Gasteiger partial charge in [0.25, 0.3) is 0 Å². The van der Waals surface area contributed by atoms with Crippen LogP contribution in [0.1, 0.15) is 22.1 Å². The van der Waals surface area contributed by atoms with Crippen molar-refractivity contribution in [2.45, 2.75) is 13.0 Å². The highest BCUT2D eigenvalue weighted by Gasteiger charge is 2.15. The van der Waals surface area contributed by atoms with Crippen molar-refractivity contribution < 1.29 is 9.50 Å². The molecule has 1 aromatic carbocycles. The lowest BCUT2D eigenvalue weighted by Gasteiger charge is -2.09. The third-order valence-electron chi connectivity index (χ3n) is 2.35. The van der Waals surface area contributed by atoms with Crippen LogP contribution in [0.5, 0.6) is 0 Å². The molecule has 0 amide bonds. The molecule has 1 N–H and O–H groups in total. The summed E-state index contributed by atoms with van der Waals surface area (Å²) >= 11 is 10.5. The summed E-state index contributed by atoms with van der Waals surface area (Å²) in [4.78, 5) is 0.713. The summed E-state index contributed by atoms with van der Waals surface area (Å²) in [6, 6.07) is 6.18. The van der Waals surface area contributed by atoms with Crippen LogP contribution >= 0.6 is 38.9 Å². The van der Waals surface area contributed by atoms with Gasteiger partial charge in [0.2, 0.25) is 0 Å². The van der Waals surface area contributed by atoms with E-state index in [9.17, 15) is 9.50 Å². The van der Waals surface area contributed by atoms with Gasteiger partial charge in [0.15, 0.2) is 0 Å². The molecule has 1 aromatic heterocycles. The smallest absolute Gasteiger partial charge is 0.124 e. The molecule has 0 aliphatic rings. The van der Waals surface area contributed by atoms with E-state index in [4.69, 9.17) is 11.6 Å². The number of aliphatic hydroxyl groups is 1. The van der Waals surface area contributed by atoms with Crippen LogP contribution in [0.4, 0.5) is 4.39 Å². The van der Waals surface area contributed by atoms with Crippen LogP contribution in [0.25, 0.3) is 0 Å². The molecule has 17 heavy (non-hydrogen) atoms. The molecule has 5 heteroatoms. The third-order valence-corrected chi connectivity index (χ3v) is 4.41. The number of halogens is 3. The Labute approximate surface area is 116 Å². The quantitative estimate of drug-likeness (QED) is 0.844. The van der Waals surface area contributed by atoms with Gasteiger partial charge in [-0.2, -0.15) is 0 Å². The lowest BCUT2D eigenvalue weighted by Crippen LogP contribution is -1.97. The summed E-state index contributed by atoms with van der Waals surface area (Å²) < 4.78 is 14.5. The van der Waals surface area contributed by atoms with Gasteiger partial charge < -0.3 is 5.11 Å². The summed E-state index contributed by atoms with van der Waals surface area (Å²) in [7, 11) is 0. The van der Waals surface area contributed by atoms with Crippen molar-refractivity contribution in [1.82, 2.24) is 0 Å². The van der Waals surface area contributed by atoms with Gasteiger partial charge in [-0.15, -0.1) is 11.3 Å². The molecule has 1 atom stereocenters. The van der Waals surface area contributed by atoms with Crippen LogP contribution in [0.2, 0.25) is 4.34 Å². The van der Waals surface area contributed by atoms with Gasteiger partial charge >= 0.3 is 0 Å². The molecule has 0 saturated heterocycles. The van der Waals surface area contributed by atoms with E-state index in [1.54, 1.807) is 6.07 Å². The van der Waals surface area contributed by atoms with E-state index in [2.05, 4.69) is 15.9 Å². The number of hydrogen-bond acceptors (Lipinski definition) is 2. The van der Waals surface area contributed by atoms with Crippen molar-refractivity contribution in [2.24, 2.45) is 0 Å². The number of aliphatic hydroxyl groups excluding tert-OH is 1. The van der Waals surface area contributed by atoms with Crippen molar-refractivity contribution in [2.75, 3.05) is 0 Å². The summed E-state index contributed by atoms with van der Waals surface area (Å²) in [6.07, 6.45) is -0.849. The van der Waals surface area contributed by atoms with Crippen molar-refractivity contribution in [1.29, 1.82) is 0 Å². The van der Waals surface area contributed by atoms with Crippen LogP contribution < -0.4 is 0 Å². The van der Waals surface area contributed by atoms with Crippen LogP contribution in [0.3, 0.4) is 0 Å². The highest BCUT2D eigenvalue weighted by atomic mass is 79.9. The SMILES string of the molecule is Cc1cc(C(O)c2cc(F)cc(Br)c2)sc1Cl. The Hall–Kier alpha value is -0.420. The Morgan fingerprint density at radius 2 is 2.06 bits per heavy atom. The van der Waals surface area contributed by atoms with Gasteiger partial charge in [0, 0.05) is 9.35 Å². The number of aryl methyl sites for hydroxylation is 1. The fourth-order valence-electron chi connectivity index (χ4n) is 1.52. The lowest BCUT2D eigenvalue weighted by atomic mass is 10.1. The molecule has 1 nitrogen and oxygen atoms in total. The van der Waals surface area contributed by atoms with E-state index in [-0.39, 0.29) is 5.82 Å². The first-order valence-corrected chi connectivity index (χ1v) is 6.86. The molecule has 0 bridgehead atoms. The maximum absolute atomic E-state index is 13.2. The van der Waals surface area contributed by atoms with Crippen molar-refractivity contribution in [3.8, 4) is 0 Å². The fourth-order valence-corrected chi connectivity index (χ4v) is 3.23. The Kier molecular flexibility index (Phi) is 3.88. The number of rotatable bonds is 2. The molecule has 0 fully saturated rings. The average Bonchev–Trinajstić information content (AvgIpc) is 2.57. The minimum absolute atomic E-state index is 0.382. The molecule has 0 radical (unpaired) electrons. The summed E-state index contributed by atoms with van der Waals surface area (Å²) in [6.45, 7) is 1.87. The topological polar surface area (TPSA) is 20.2 Å². The summed E-state index contributed by atoms with van der Waals surface area (Å²) in [5.41, 5.74) is 1.43. The normalized spacial score (nSPS) is 12.8. The van der Waals surface area contributed by atoms with Gasteiger partial charge in [-0.25, -0.2) is 4.39 Å². The zero-order valence-corrected chi connectivity index (χ0v) is 12.0. The van der Waals surface area contributed by atoms with E-state index in [1.165, 1.54) is 23.5 Å². The Morgan fingerprint density at radius 3 is 2.59 bits per heavy atom. The largest absolute Gasteiger partial charge is 0.383 e. The maximum Gasteiger partial charge on any atom is 0.124 e. The predicted octanol–water partition coefficient (Wildman–Crippen LogP) is 4.69. The van der Waals surface area contributed by atoms with E-state index in [0.29, 0.717) is 19.2 Å². The van der Waals surface area contributed by atoms with E-state index < -0.39 is 6.10 Å². The molecule has 0 aliphatic heterocycles. The first-order chi connectivity index (χ1) is 7.97. The van der Waals surface area contributed by atoms with Crippen LogP contribution in [-0.4, -0.2) is 5.11 Å². The predicted molar refractivity (Wildman–Crippen MR) is 72.2 cm³/mol. The molecular formula is C12H9BrClFOS. The Bertz CT molecular complexity index is 516. The molecule has 1 heterocycles. The molecule has 0 spiro atoms. The van der Waals surface area contributed by atoms with Gasteiger partial charge in [-0.05, 0) is 42.3 Å². The zero-order chi connectivity index (χ0) is 12.6. The molecule has 1 unspecified atom stereocenters. The molecule has 0 saturated carbocycles. The monoisotopic (exact) mass is 334 g/mol. The van der Waals surface area contributed by atoms with Gasteiger partial charge in [0.05, 0.1) is 4.34 Å². The van der Waals surface area contributed by atoms with E-state index >= 15 is 0 Å². The van der Waals surface area contributed by atoms with Gasteiger partial charge in [0.1, 0.15) is 11.9 Å². The first-order valence-electron chi connectivity index (χ1n) is 4.87. The third kappa shape index (κ3) is 2.88. The first kappa shape index (κ1) is 13.0. The lowest BCUT2D eigenvalue weighted by molar-refractivity contribution is 0.223. The highest BCUT2D eigenvalue weighted by molar-refractivity contribution is 9.10. The Morgan fingerprint density at radius 1 is 1.35 bits per heavy atom. The number of benzene rings is 1.